The first kappa shape index (κ1) is 16.1. The first-order valence-electron chi connectivity index (χ1n) is 7.81. The maximum Gasteiger partial charge on any atom is 0.246 e. The molecule has 22 heavy (non-hydrogen) atoms. The summed E-state index contributed by atoms with van der Waals surface area (Å²) in [6.45, 7) is 7.29. The largest absolute Gasteiger partial charge is 0.376 e. The van der Waals surface area contributed by atoms with Gasteiger partial charge in [-0.3, -0.25) is 4.79 Å². The molecule has 0 radical (unpaired) electrons. The smallest absolute Gasteiger partial charge is 0.246 e. The molecule has 0 saturated carbocycles. The molecular weight excluding hydrogens is 272 g/mol. The third kappa shape index (κ3) is 4.10. The lowest BCUT2D eigenvalue weighted by atomic mass is 10.0. The molecule has 0 saturated heterocycles. The molecule has 0 unspecified atom stereocenters. The van der Waals surface area contributed by atoms with Crippen molar-refractivity contribution >= 4 is 17.3 Å². The number of carbonyl (C=O) groups is 1. The van der Waals surface area contributed by atoms with Crippen LogP contribution in [-0.2, 0) is 4.79 Å². The predicted molar refractivity (Wildman–Crippen MR) is 93.5 cm³/mol. The van der Waals surface area contributed by atoms with Crippen molar-refractivity contribution in [2.75, 3.05) is 23.3 Å². The van der Waals surface area contributed by atoms with Crippen LogP contribution in [0.3, 0.4) is 0 Å². The molecule has 116 valence electrons. The molecule has 0 spiro atoms. The average molecular weight is 296 g/mol. The first-order chi connectivity index (χ1) is 10.6. The number of rotatable bonds is 6. The lowest BCUT2D eigenvalue weighted by Crippen LogP contribution is -2.35. The van der Waals surface area contributed by atoms with Crippen LogP contribution in [0, 0.1) is 0 Å². The van der Waals surface area contributed by atoms with Crippen molar-refractivity contribution in [3.05, 3.63) is 60.2 Å². The van der Waals surface area contributed by atoms with E-state index in [1.165, 1.54) is 5.56 Å². The summed E-state index contributed by atoms with van der Waals surface area (Å²) in [5, 5.41) is 3.20. The monoisotopic (exact) mass is 296 g/mol. The zero-order valence-electron chi connectivity index (χ0n) is 13.5. The van der Waals surface area contributed by atoms with Gasteiger partial charge < -0.3 is 10.2 Å². The molecule has 0 aliphatic heterocycles. The molecule has 2 aromatic carbocycles. The van der Waals surface area contributed by atoms with Crippen LogP contribution in [0.25, 0.3) is 0 Å². The Labute approximate surface area is 133 Å². The van der Waals surface area contributed by atoms with Gasteiger partial charge >= 0.3 is 0 Å². The van der Waals surface area contributed by atoms with E-state index in [4.69, 9.17) is 0 Å². The van der Waals surface area contributed by atoms with E-state index < -0.39 is 0 Å². The van der Waals surface area contributed by atoms with Gasteiger partial charge in [0, 0.05) is 17.9 Å². The van der Waals surface area contributed by atoms with E-state index in [0.717, 1.165) is 11.4 Å². The van der Waals surface area contributed by atoms with Gasteiger partial charge in [0.25, 0.3) is 0 Å². The van der Waals surface area contributed by atoms with Crippen molar-refractivity contribution in [2.24, 2.45) is 0 Å². The van der Waals surface area contributed by atoms with Crippen LogP contribution in [0.1, 0.15) is 32.3 Å². The summed E-state index contributed by atoms with van der Waals surface area (Å²) in [4.78, 5) is 14.2. The highest BCUT2D eigenvalue weighted by Crippen LogP contribution is 2.17. The fourth-order valence-corrected chi connectivity index (χ4v) is 2.37. The molecule has 3 nitrogen and oxygen atoms in total. The molecule has 2 rings (SSSR count). The van der Waals surface area contributed by atoms with E-state index in [-0.39, 0.29) is 5.91 Å². The molecule has 0 heterocycles. The Morgan fingerprint density at radius 3 is 2.23 bits per heavy atom. The van der Waals surface area contributed by atoms with E-state index >= 15 is 0 Å². The van der Waals surface area contributed by atoms with Gasteiger partial charge in [-0.1, -0.05) is 44.2 Å². The van der Waals surface area contributed by atoms with E-state index in [2.05, 4.69) is 31.3 Å². The second-order valence-corrected chi connectivity index (χ2v) is 5.60. The summed E-state index contributed by atoms with van der Waals surface area (Å²) < 4.78 is 0. The number of hydrogen-bond donors (Lipinski definition) is 1. The van der Waals surface area contributed by atoms with Gasteiger partial charge in [0.1, 0.15) is 0 Å². The molecule has 1 N–H and O–H groups in total. The maximum absolute atomic E-state index is 12.4. The van der Waals surface area contributed by atoms with Gasteiger partial charge in [-0.2, -0.15) is 0 Å². The van der Waals surface area contributed by atoms with Crippen LogP contribution in [0.4, 0.5) is 11.4 Å². The number of nitrogens with zero attached hydrogens (tertiary/aromatic N) is 1. The normalized spacial score (nSPS) is 10.5. The van der Waals surface area contributed by atoms with Crippen LogP contribution in [-0.4, -0.2) is 19.0 Å². The molecule has 0 bridgehead atoms. The van der Waals surface area contributed by atoms with Crippen molar-refractivity contribution in [1.29, 1.82) is 0 Å². The van der Waals surface area contributed by atoms with Crippen molar-refractivity contribution in [2.45, 2.75) is 26.7 Å². The number of carbonyl (C=O) groups excluding carboxylic acids is 1. The summed E-state index contributed by atoms with van der Waals surface area (Å²) in [6, 6.07) is 18.0. The minimum atomic E-state index is 0.0710. The second-order valence-electron chi connectivity index (χ2n) is 5.60. The Hall–Kier alpha value is -2.29. The van der Waals surface area contributed by atoms with Gasteiger partial charge in [0.05, 0.1) is 6.54 Å². The van der Waals surface area contributed by atoms with Crippen LogP contribution in [0.2, 0.25) is 0 Å². The van der Waals surface area contributed by atoms with Crippen molar-refractivity contribution in [3.8, 4) is 0 Å². The highest BCUT2D eigenvalue weighted by Gasteiger charge is 2.13. The number of amides is 1. The van der Waals surface area contributed by atoms with Crippen LogP contribution < -0.4 is 10.2 Å². The molecule has 2 aromatic rings. The van der Waals surface area contributed by atoms with Crippen molar-refractivity contribution in [1.82, 2.24) is 0 Å². The SMILES string of the molecule is CCN(C(=O)CNc1ccc(C(C)C)cc1)c1ccccc1. The van der Waals surface area contributed by atoms with Gasteiger partial charge in [0.15, 0.2) is 0 Å². The Morgan fingerprint density at radius 2 is 1.68 bits per heavy atom. The molecular formula is C19H24N2O. The van der Waals surface area contributed by atoms with Gasteiger partial charge in [-0.25, -0.2) is 0 Å². The maximum atomic E-state index is 12.4. The van der Waals surface area contributed by atoms with Crippen LogP contribution >= 0.6 is 0 Å². The predicted octanol–water partition coefficient (Wildman–Crippen LogP) is 4.28. The summed E-state index contributed by atoms with van der Waals surface area (Å²) in [5.41, 5.74) is 3.21. The Balaban J connectivity index is 1.96. The summed E-state index contributed by atoms with van der Waals surface area (Å²) in [7, 11) is 0. The number of para-hydroxylation sites is 1. The highest BCUT2D eigenvalue weighted by molar-refractivity contribution is 5.96. The molecule has 0 atom stereocenters. The number of benzene rings is 2. The molecule has 3 heteroatoms. The Bertz CT molecular complexity index is 591. The topological polar surface area (TPSA) is 32.3 Å². The lowest BCUT2D eigenvalue weighted by Gasteiger charge is -2.21. The van der Waals surface area contributed by atoms with Crippen molar-refractivity contribution < 1.29 is 4.79 Å². The first-order valence-corrected chi connectivity index (χ1v) is 7.81. The van der Waals surface area contributed by atoms with Crippen molar-refractivity contribution in [3.63, 3.8) is 0 Å². The average Bonchev–Trinajstić information content (AvgIpc) is 2.55. The standard InChI is InChI=1S/C19H24N2O/c1-4-21(18-8-6-5-7-9-18)19(22)14-20-17-12-10-16(11-13-17)15(2)3/h5-13,15,20H,4,14H2,1-3H3. The van der Waals surface area contributed by atoms with Gasteiger partial charge in [0.2, 0.25) is 5.91 Å². The lowest BCUT2D eigenvalue weighted by molar-refractivity contribution is -0.116. The summed E-state index contributed by atoms with van der Waals surface area (Å²) >= 11 is 0. The van der Waals surface area contributed by atoms with Gasteiger partial charge in [-0.15, -0.1) is 0 Å². The minimum absolute atomic E-state index is 0.0710. The van der Waals surface area contributed by atoms with E-state index in [9.17, 15) is 4.79 Å². The van der Waals surface area contributed by atoms with E-state index in [0.29, 0.717) is 19.0 Å². The van der Waals surface area contributed by atoms with Crippen LogP contribution in [0.15, 0.2) is 54.6 Å². The molecule has 0 aromatic heterocycles. The number of hydrogen-bond acceptors (Lipinski definition) is 2. The third-order valence-corrected chi connectivity index (χ3v) is 3.71. The molecule has 0 aliphatic rings. The molecule has 0 fully saturated rings. The highest BCUT2D eigenvalue weighted by atomic mass is 16.2. The zero-order valence-corrected chi connectivity index (χ0v) is 13.5. The minimum Gasteiger partial charge on any atom is -0.376 e. The third-order valence-electron chi connectivity index (χ3n) is 3.71. The summed E-state index contributed by atoms with van der Waals surface area (Å²) in [5.74, 6) is 0.589. The number of nitrogens with one attached hydrogen (secondary N) is 1. The number of likely N-dealkylation sites (N-methyl/N-ethyl adjacent to an activating group) is 1. The van der Waals surface area contributed by atoms with E-state index in [1.54, 1.807) is 4.90 Å². The van der Waals surface area contributed by atoms with Crippen LogP contribution in [0.5, 0.6) is 0 Å². The Morgan fingerprint density at radius 1 is 1.05 bits per heavy atom. The second kappa shape index (κ2) is 7.64. The Kier molecular flexibility index (Phi) is 5.59. The number of anilines is 2. The van der Waals surface area contributed by atoms with Gasteiger partial charge in [-0.05, 0) is 42.7 Å². The quantitative estimate of drug-likeness (QED) is 0.863. The molecule has 0 aliphatic carbocycles. The van der Waals surface area contributed by atoms with E-state index in [1.807, 2.05) is 49.4 Å². The fourth-order valence-electron chi connectivity index (χ4n) is 2.37. The zero-order chi connectivity index (χ0) is 15.9. The molecule has 1 amide bonds. The fraction of sp³-hybridized carbons (Fsp3) is 0.316. The summed E-state index contributed by atoms with van der Waals surface area (Å²) in [6.07, 6.45) is 0.